The third kappa shape index (κ3) is 3.75. The van der Waals surface area contributed by atoms with E-state index in [1.54, 1.807) is 0 Å². The quantitative estimate of drug-likeness (QED) is 0.203. The molecule has 0 N–H and O–H groups in total. The molecule has 0 aliphatic carbocycles. The van der Waals surface area contributed by atoms with Crippen molar-refractivity contribution in [3.05, 3.63) is 170 Å². The Balaban J connectivity index is 1.27. The average Bonchev–Trinajstić information content (AvgIpc) is 3.61. The molecule has 0 spiro atoms. The molecule has 0 radical (unpaired) electrons. The van der Waals surface area contributed by atoms with Crippen molar-refractivity contribution in [3.63, 3.8) is 0 Å². The van der Waals surface area contributed by atoms with Gasteiger partial charge >= 0.3 is 0 Å². The molecular formula is C42H28N2. The molecule has 9 aromatic rings. The molecule has 44 heavy (non-hydrogen) atoms. The van der Waals surface area contributed by atoms with E-state index in [1.807, 2.05) is 0 Å². The Hall–Kier alpha value is -5.86. The van der Waals surface area contributed by atoms with Gasteiger partial charge in [0.1, 0.15) is 0 Å². The predicted octanol–water partition coefficient (Wildman–Crippen LogP) is 11.2. The molecule has 0 aliphatic heterocycles. The van der Waals surface area contributed by atoms with Gasteiger partial charge in [0, 0.05) is 32.8 Å². The van der Waals surface area contributed by atoms with E-state index < -0.39 is 0 Å². The summed E-state index contributed by atoms with van der Waals surface area (Å²) in [6.45, 7) is 0. The fourth-order valence-corrected chi connectivity index (χ4v) is 6.95. The summed E-state index contributed by atoms with van der Waals surface area (Å²) < 4.78 is 4.81. The van der Waals surface area contributed by atoms with E-state index in [0.29, 0.717) is 0 Å². The minimum atomic E-state index is 1.17. The lowest BCUT2D eigenvalue weighted by atomic mass is 10.0. The third-order valence-electron chi connectivity index (χ3n) is 8.92. The standard InChI is InChI=1S/C42H28N2/c1-3-13-29(14-4-1)33-17-7-10-20-38(33)44-40-22-12-9-19-35(40)37-27-30(24-26-41(37)44)31-23-25-36-34-18-8-11-21-39(34)43(42(36)28-31)32-15-5-2-6-16-32/h1-28H. The zero-order valence-corrected chi connectivity index (χ0v) is 24.1. The van der Waals surface area contributed by atoms with Crippen LogP contribution in [0.3, 0.4) is 0 Å². The van der Waals surface area contributed by atoms with Crippen molar-refractivity contribution < 1.29 is 0 Å². The van der Waals surface area contributed by atoms with Gasteiger partial charge in [0.2, 0.25) is 0 Å². The van der Waals surface area contributed by atoms with E-state index in [4.69, 9.17) is 0 Å². The average molecular weight is 561 g/mol. The summed E-state index contributed by atoms with van der Waals surface area (Å²) in [5.41, 5.74) is 12.1. The Morgan fingerprint density at radius 2 is 0.841 bits per heavy atom. The normalized spacial score (nSPS) is 11.6. The topological polar surface area (TPSA) is 9.86 Å². The molecule has 0 fully saturated rings. The maximum atomic E-state index is 2.42. The zero-order chi connectivity index (χ0) is 29.0. The van der Waals surface area contributed by atoms with Crippen LogP contribution in [0, 0.1) is 0 Å². The van der Waals surface area contributed by atoms with Crippen molar-refractivity contribution in [1.29, 1.82) is 0 Å². The summed E-state index contributed by atoms with van der Waals surface area (Å²) in [5.74, 6) is 0. The summed E-state index contributed by atoms with van der Waals surface area (Å²) in [4.78, 5) is 0. The number of nitrogens with zero attached hydrogens (tertiary/aromatic N) is 2. The van der Waals surface area contributed by atoms with Crippen LogP contribution in [0.5, 0.6) is 0 Å². The lowest BCUT2D eigenvalue weighted by molar-refractivity contribution is 1.18. The second kappa shape index (κ2) is 9.86. The van der Waals surface area contributed by atoms with Gasteiger partial charge in [-0.15, -0.1) is 0 Å². The highest BCUT2D eigenvalue weighted by molar-refractivity contribution is 6.12. The molecule has 0 atom stereocenters. The van der Waals surface area contributed by atoms with E-state index >= 15 is 0 Å². The molecule has 0 saturated carbocycles. The first-order chi connectivity index (χ1) is 21.8. The first kappa shape index (κ1) is 24.7. The van der Waals surface area contributed by atoms with Crippen molar-refractivity contribution in [2.24, 2.45) is 0 Å². The Kier molecular flexibility index (Phi) is 5.54. The minimum Gasteiger partial charge on any atom is -0.309 e. The van der Waals surface area contributed by atoms with Crippen molar-refractivity contribution in [1.82, 2.24) is 9.13 Å². The highest BCUT2D eigenvalue weighted by Gasteiger charge is 2.17. The maximum absolute atomic E-state index is 2.42. The highest BCUT2D eigenvalue weighted by atomic mass is 15.0. The van der Waals surface area contributed by atoms with Gasteiger partial charge in [0.25, 0.3) is 0 Å². The van der Waals surface area contributed by atoms with Crippen molar-refractivity contribution >= 4 is 43.6 Å². The second-order valence-electron chi connectivity index (χ2n) is 11.4. The summed E-state index contributed by atoms with van der Waals surface area (Å²) in [7, 11) is 0. The highest BCUT2D eigenvalue weighted by Crippen LogP contribution is 2.39. The van der Waals surface area contributed by atoms with Crippen LogP contribution in [0.15, 0.2) is 170 Å². The van der Waals surface area contributed by atoms with Crippen molar-refractivity contribution in [2.75, 3.05) is 0 Å². The Morgan fingerprint density at radius 1 is 0.295 bits per heavy atom. The van der Waals surface area contributed by atoms with Gasteiger partial charge < -0.3 is 9.13 Å². The van der Waals surface area contributed by atoms with Gasteiger partial charge in [-0.3, -0.25) is 0 Å². The third-order valence-corrected chi connectivity index (χ3v) is 8.92. The van der Waals surface area contributed by atoms with E-state index in [1.165, 1.54) is 77.2 Å². The molecule has 2 nitrogen and oxygen atoms in total. The van der Waals surface area contributed by atoms with Crippen LogP contribution >= 0.6 is 0 Å². The molecule has 9 rings (SSSR count). The van der Waals surface area contributed by atoms with Gasteiger partial charge in [-0.05, 0) is 65.2 Å². The molecule has 206 valence electrons. The van der Waals surface area contributed by atoms with Crippen molar-refractivity contribution in [3.8, 4) is 33.6 Å². The summed E-state index contributed by atoms with van der Waals surface area (Å²) in [6.07, 6.45) is 0. The number of fused-ring (bicyclic) bond motifs is 6. The van der Waals surface area contributed by atoms with Gasteiger partial charge in [0.15, 0.2) is 0 Å². The molecule has 2 aromatic heterocycles. The predicted molar refractivity (Wildman–Crippen MR) is 186 cm³/mol. The molecule has 2 heterocycles. The lowest BCUT2D eigenvalue weighted by Crippen LogP contribution is -1.97. The monoisotopic (exact) mass is 560 g/mol. The SMILES string of the molecule is c1ccc(-c2ccccc2-n2c3ccccc3c3cc(-c4ccc5c6ccccc6n(-c6ccccc6)c5c4)ccc32)cc1. The smallest absolute Gasteiger partial charge is 0.0547 e. The molecular weight excluding hydrogens is 532 g/mol. The second-order valence-corrected chi connectivity index (χ2v) is 11.4. The number of rotatable bonds is 4. The van der Waals surface area contributed by atoms with Crippen LogP contribution in [-0.4, -0.2) is 9.13 Å². The van der Waals surface area contributed by atoms with Crippen LogP contribution in [0.4, 0.5) is 0 Å². The number of benzene rings is 7. The van der Waals surface area contributed by atoms with E-state index in [-0.39, 0.29) is 0 Å². The fraction of sp³-hybridized carbons (Fsp3) is 0. The van der Waals surface area contributed by atoms with E-state index in [0.717, 1.165) is 0 Å². The summed E-state index contributed by atoms with van der Waals surface area (Å²) in [6, 6.07) is 61.4. The van der Waals surface area contributed by atoms with Crippen LogP contribution in [0.1, 0.15) is 0 Å². The first-order valence-electron chi connectivity index (χ1n) is 15.1. The van der Waals surface area contributed by atoms with Gasteiger partial charge in [0.05, 0.1) is 27.8 Å². The van der Waals surface area contributed by atoms with Crippen LogP contribution in [0.2, 0.25) is 0 Å². The van der Waals surface area contributed by atoms with E-state index in [2.05, 4.69) is 179 Å². The van der Waals surface area contributed by atoms with Gasteiger partial charge in [-0.1, -0.05) is 121 Å². The van der Waals surface area contributed by atoms with Gasteiger partial charge in [-0.25, -0.2) is 0 Å². The molecule has 0 amide bonds. The Bertz CT molecular complexity index is 2480. The summed E-state index contributed by atoms with van der Waals surface area (Å²) >= 11 is 0. The van der Waals surface area contributed by atoms with Crippen molar-refractivity contribution in [2.45, 2.75) is 0 Å². The minimum absolute atomic E-state index is 1.17. The van der Waals surface area contributed by atoms with Crippen LogP contribution < -0.4 is 0 Å². The fourth-order valence-electron chi connectivity index (χ4n) is 6.95. The molecule has 2 heteroatoms. The molecule has 0 saturated heterocycles. The summed E-state index contributed by atoms with van der Waals surface area (Å²) in [5, 5.41) is 5.05. The maximum Gasteiger partial charge on any atom is 0.0547 e. The molecule has 0 unspecified atom stereocenters. The number of hydrogen-bond acceptors (Lipinski definition) is 0. The lowest BCUT2D eigenvalue weighted by Gasteiger charge is -2.14. The Morgan fingerprint density at radius 3 is 1.64 bits per heavy atom. The number of hydrogen-bond donors (Lipinski definition) is 0. The molecule has 0 aliphatic rings. The zero-order valence-electron chi connectivity index (χ0n) is 24.1. The van der Waals surface area contributed by atoms with Crippen LogP contribution in [-0.2, 0) is 0 Å². The molecule has 0 bridgehead atoms. The van der Waals surface area contributed by atoms with Gasteiger partial charge in [-0.2, -0.15) is 0 Å². The van der Waals surface area contributed by atoms with Crippen LogP contribution in [0.25, 0.3) is 77.2 Å². The first-order valence-corrected chi connectivity index (χ1v) is 15.1. The number of para-hydroxylation sites is 4. The number of aromatic nitrogens is 2. The largest absolute Gasteiger partial charge is 0.309 e. The molecule has 7 aromatic carbocycles. The van der Waals surface area contributed by atoms with E-state index in [9.17, 15) is 0 Å². The Labute approximate surface area is 255 Å².